The van der Waals surface area contributed by atoms with Crippen LogP contribution in [0.2, 0.25) is 0 Å². The van der Waals surface area contributed by atoms with Crippen molar-refractivity contribution in [3.8, 4) is 5.69 Å². The molecule has 9 heteroatoms. The molecule has 3 aromatic rings. The summed E-state index contributed by atoms with van der Waals surface area (Å²) >= 11 is 0. The third-order valence-corrected chi connectivity index (χ3v) is 6.88. The topological polar surface area (TPSA) is 101 Å². The molecule has 2 fully saturated rings. The molecule has 2 N–H and O–H groups in total. The molecule has 0 bridgehead atoms. The number of fused-ring (bicyclic) bond motifs is 3. The molecular formula is C24H28N8O. The monoisotopic (exact) mass is 444 g/mol. The zero-order chi connectivity index (χ0) is 22.4. The number of anilines is 3. The third-order valence-electron chi connectivity index (χ3n) is 6.88. The minimum absolute atomic E-state index is 0.0170. The second-order valence-electron chi connectivity index (χ2n) is 9.18. The summed E-state index contributed by atoms with van der Waals surface area (Å²) in [5, 5.41) is 14.9. The van der Waals surface area contributed by atoms with Crippen molar-refractivity contribution < 1.29 is 4.79 Å². The van der Waals surface area contributed by atoms with Gasteiger partial charge in [-0.05, 0) is 56.4 Å². The Bertz CT molecular complexity index is 1160. The van der Waals surface area contributed by atoms with Gasteiger partial charge in [0, 0.05) is 23.3 Å². The van der Waals surface area contributed by atoms with E-state index in [1.54, 1.807) is 6.33 Å². The Morgan fingerprint density at radius 1 is 1.12 bits per heavy atom. The molecule has 170 valence electrons. The van der Waals surface area contributed by atoms with Crippen molar-refractivity contribution in [3.63, 3.8) is 0 Å². The SMILES string of the molecule is CC[C@@H]1c2nncn2-c2cnc(Nc3ccc(C(=O)NC4CC4)cc3)nc2N1C1CCCC1. The van der Waals surface area contributed by atoms with E-state index in [-0.39, 0.29) is 11.9 Å². The summed E-state index contributed by atoms with van der Waals surface area (Å²) < 4.78 is 2.02. The zero-order valence-electron chi connectivity index (χ0n) is 18.7. The van der Waals surface area contributed by atoms with Crippen molar-refractivity contribution in [2.75, 3.05) is 10.2 Å². The molecular weight excluding hydrogens is 416 g/mol. The summed E-state index contributed by atoms with van der Waals surface area (Å²) in [5.74, 6) is 2.41. The van der Waals surface area contributed by atoms with E-state index in [9.17, 15) is 4.79 Å². The van der Waals surface area contributed by atoms with Gasteiger partial charge in [0.2, 0.25) is 5.95 Å². The fraction of sp³-hybridized carbons (Fsp3) is 0.458. The van der Waals surface area contributed by atoms with Gasteiger partial charge >= 0.3 is 0 Å². The molecule has 33 heavy (non-hydrogen) atoms. The molecule has 0 saturated heterocycles. The lowest BCUT2D eigenvalue weighted by molar-refractivity contribution is 0.0951. The smallest absolute Gasteiger partial charge is 0.251 e. The lowest BCUT2D eigenvalue weighted by atomic mass is 10.0. The van der Waals surface area contributed by atoms with Crippen molar-refractivity contribution in [3.05, 3.63) is 48.2 Å². The quantitative estimate of drug-likeness (QED) is 0.594. The summed E-state index contributed by atoms with van der Waals surface area (Å²) in [5.41, 5.74) is 2.43. The van der Waals surface area contributed by atoms with Gasteiger partial charge in [-0.2, -0.15) is 4.98 Å². The number of hydrogen-bond donors (Lipinski definition) is 2. The van der Waals surface area contributed by atoms with Crippen molar-refractivity contribution in [1.29, 1.82) is 0 Å². The van der Waals surface area contributed by atoms with Crippen LogP contribution in [-0.2, 0) is 0 Å². The minimum Gasteiger partial charge on any atom is -0.349 e. The Hall–Kier alpha value is -3.49. The first-order valence-electron chi connectivity index (χ1n) is 11.9. The maximum Gasteiger partial charge on any atom is 0.251 e. The Labute approximate surface area is 192 Å². The van der Waals surface area contributed by atoms with Gasteiger partial charge in [-0.1, -0.05) is 19.8 Å². The summed E-state index contributed by atoms with van der Waals surface area (Å²) in [6.07, 6.45) is 11.5. The van der Waals surface area contributed by atoms with E-state index >= 15 is 0 Å². The van der Waals surface area contributed by atoms with Gasteiger partial charge in [0.25, 0.3) is 5.91 Å². The number of aromatic nitrogens is 5. The molecule has 1 aromatic carbocycles. The van der Waals surface area contributed by atoms with Gasteiger partial charge in [-0.3, -0.25) is 9.36 Å². The number of carbonyl (C=O) groups excluding carboxylic acids is 1. The number of hydrogen-bond acceptors (Lipinski definition) is 7. The van der Waals surface area contributed by atoms with Gasteiger partial charge in [0.15, 0.2) is 11.6 Å². The molecule has 0 spiro atoms. The molecule has 3 aliphatic rings. The van der Waals surface area contributed by atoms with E-state index in [1.165, 1.54) is 25.7 Å². The van der Waals surface area contributed by atoms with Gasteiger partial charge in [-0.15, -0.1) is 10.2 Å². The molecule has 1 aliphatic heterocycles. The molecule has 0 unspecified atom stereocenters. The van der Waals surface area contributed by atoms with Gasteiger partial charge in [0.1, 0.15) is 12.0 Å². The Balaban J connectivity index is 1.30. The average Bonchev–Trinajstić information content (AvgIpc) is 3.27. The third kappa shape index (κ3) is 3.71. The van der Waals surface area contributed by atoms with Crippen LogP contribution in [0.5, 0.6) is 0 Å². The molecule has 1 amide bonds. The largest absolute Gasteiger partial charge is 0.349 e. The van der Waals surface area contributed by atoms with E-state index in [1.807, 2.05) is 35.0 Å². The minimum atomic E-state index is -0.0170. The molecule has 2 saturated carbocycles. The maximum atomic E-state index is 12.3. The second kappa shape index (κ2) is 8.13. The first-order chi connectivity index (χ1) is 16.2. The highest BCUT2D eigenvalue weighted by Crippen LogP contribution is 2.42. The van der Waals surface area contributed by atoms with E-state index in [2.05, 4.69) is 37.6 Å². The van der Waals surface area contributed by atoms with Crippen LogP contribution in [0.4, 0.5) is 17.5 Å². The number of benzene rings is 1. The van der Waals surface area contributed by atoms with E-state index in [0.29, 0.717) is 23.6 Å². The lowest BCUT2D eigenvalue weighted by Gasteiger charge is -2.40. The normalized spacial score (nSPS) is 19.8. The summed E-state index contributed by atoms with van der Waals surface area (Å²) in [4.78, 5) is 24.2. The van der Waals surface area contributed by atoms with E-state index < -0.39 is 0 Å². The number of rotatable bonds is 6. The highest BCUT2D eigenvalue weighted by molar-refractivity contribution is 5.95. The lowest BCUT2D eigenvalue weighted by Crippen LogP contribution is -2.42. The first-order valence-corrected chi connectivity index (χ1v) is 11.9. The Morgan fingerprint density at radius 2 is 1.91 bits per heavy atom. The average molecular weight is 445 g/mol. The van der Waals surface area contributed by atoms with Crippen LogP contribution < -0.4 is 15.5 Å². The van der Waals surface area contributed by atoms with Crippen molar-refractivity contribution in [2.24, 2.45) is 0 Å². The number of nitrogens with zero attached hydrogens (tertiary/aromatic N) is 6. The summed E-state index contributed by atoms with van der Waals surface area (Å²) in [6, 6.07) is 8.40. The van der Waals surface area contributed by atoms with Crippen LogP contribution >= 0.6 is 0 Å². The fourth-order valence-electron chi connectivity index (χ4n) is 5.03. The van der Waals surface area contributed by atoms with Crippen LogP contribution in [0.1, 0.15) is 74.1 Å². The van der Waals surface area contributed by atoms with E-state index in [0.717, 1.165) is 42.3 Å². The highest BCUT2D eigenvalue weighted by Gasteiger charge is 2.38. The second-order valence-corrected chi connectivity index (χ2v) is 9.18. The molecule has 9 nitrogen and oxygen atoms in total. The van der Waals surface area contributed by atoms with Crippen LogP contribution in [-0.4, -0.2) is 42.7 Å². The maximum absolute atomic E-state index is 12.3. The highest BCUT2D eigenvalue weighted by atomic mass is 16.1. The summed E-state index contributed by atoms with van der Waals surface area (Å²) in [6.45, 7) is 2.19. The Kier molecular flexibility index (Phi) is 4.96. The van der Waals surface area contributed by atoms with Crippen LogP contribution in [0.25, 0.3) is 5.69 Å². The number of nitrogens with one attached hydrogen (secondary N) is 2. The van der Waals surface area contributed by atoms with Crippen LogP contribution in [0, 0.1) is 0 Å². The predicted octanol–water partition coefficient (Wildman–Crippen LogP) is 3.91. The molecule has 0 radical (unpaired) electrons. The predicted molar refractivity (Wildman–Crippen MR) is 125 cm³/mol. The molecule has 2 aromatic heterocycles. The Morgan fingerprint density at radius 3 is 2.64 bits per heavy atom. The van der Waals surface area contributed by atoms with Crippen molar-refractivity contribution >= 4 is 23.4 Å². The molecule has 2 aliphatic carbocycles. The summed E-state index contributed by atoms with van der Waals surface area (Å²) in [7, 11) is 0. The molecule has 1 atom stereocenters. The van der Waals surface area contributed by atoms with Gasteiger partial charge in [0.05, 0.1) is 12.2 Å². The zero-order valence-corrected chi connectivity index (χ0v) is 18.7. The van der Waals surface area contributed by atoms with E-state index in [4.69, 9.17) is 4.98 Å². The van der Waals surface area contributed by atoms with Gasteiger partial charge in [-0.25, -0.2) is 4.98 Å². The fourth-order valence-corrected chi connectivity index (χ4v) is 5.03. The van der Waals surface area contributed by atoms with Crippen LogP contribution in [0.15, 0.2) is 36.8 Å². The van der Waals surface area contributed by atoms with Crippen molar-refractivity contribution in [1.82, 2.24) is 30.0 Å². The molecule has 6 rings (SSSR count). The van der Waals surface area contributed by atoms with Gasteiger partial charge < -0.3 is 15.5 Å². The number of amides is 1. The first kappa shape index (κ1) is 20.1. The van der Waals surface area contributed by atoms with Crippen molar-refractivity contribution in [2.45, 2.75) is 70.0 Å². The van der Waals surface area contributed by atoms with Crippen LogP contribution in [0.3, 0.4) is 0 Å². The molecule has 3 heterocycles. The standard InChI is InChI=1S/C24H28N8O/c1-2-19-22-30-26-14-31(22)20-13-25-24(29-21(20)32(19)18-5-3-4-6-18)28-17-9-7-15(8-10-17)23(33)27-16-11-12-16/h7-10,13-14,16,18-19H,2-6,11-12H2,1H3,(H,27,33)(H,25,28,29)/t19-/m1/s1. The number of carbonyl (C=O) groups is 1.